The monoisotopic (exact) mass is 459 g/mol. The Balaban J connectivity index is 1.56. The zero-order chi connectivity index (χ0) is 24.0. The number of tetrazole rings is 1. The minimum Gasteiger partial charge on any atom is -0.365 e. The van der Waals surface area contributed by atoms with Gasteiger partial charge in [-0.1, -0.05) is 0 Å². The van der Waals surface area contributed by atoms with Gasteiger partial charge in [-0.25, -0.2) is 23.7 Å². The van der Waals surface area contributed by atoms with Crippen molar-refractivity contribution in [3.05, 3.63) is 46.5 Å². The van der Waals surface area contributed by atoms with Gasteiger partial charge in [0.25, 0.3) is 0 Å². The van der Waals surface area contributed by atoms with E-state index in [0.29, 0.717) is 5.69 Å². The Hall–Kier alpha value is -3.41. The molecular formula is C21H27F2N9O. The summed E-state index contributed by atoms with van der Waals surface area (Å²) >= 11 is 0. The second-order valence-corrected chi connectivity index (χ2v) is 9.53. The number of piperidine rings is 1. The molecule has 0 unspecified atom stereocenters. The fourth-order valence-corrected chi connectivity index (χ4v) is 4.43. The highest BCUT2D eigenvalue weighted by Gasteiger charge is 2.43. The Morgan fingerprint density at radius 3 is 2.45 bits per heavy atom. The molecule has 0 amide bonds. The Morgan fingerprint density at radius 2 is 1.82 bits per heavy atom. The molecule has 1 aliphatic heterocycles. The highest BCUT2D eigenvalue weighted by atomic mass is 19.1. The number of benzene rings is 1. The van der Waals surface area contributed by atoms with Crippen LogP contribution in [-0.2, 0) is 0 Å². The third-order valence-corrected chi connectivity index (χ3v) is 6.30. The largest absolute Gasteiger partial charge is 0.365 e. The Morgan fingerprint density at radius 1 is 1.12 bits per heavy atom. The van der Waals surface area contributed by atoms with Gasteiger partial charge in [0, 0.05) is 22.8 Å². The first-order valence-electron chi connectivity index (χ1n) is 10.6. The number of likely N-dealkylation sites (tertiary alicyclic amines) is 1. The maximum Gasteiger partial charge on any atom is 0.365 e. The lowest BCUT2D eigenvalue weighted by Crippen LogP contribution is -2.61. The van der Waals surface area contributed by atoms with E-state index in [-0.39, 0.29) is 34.6 Å². The first-order valence-corrected chi connectivity index (χ1v) is 10.6. The molecule has 0 spiro atoms. The number of hydrogen-bond donors (Lipinski definition) is 3. The molecule has 3 aromatic rings. The zero-order valence-electron chi connectivity index (χ0n) is 19.1. The van der Waals surface area contributed by atoms with E-state index in [9.17, 15) is 13.6 Å². The van der Waals surface area contributed by atoms with E-state index in [4.69, 9.17) is 0 Å². The van der Waals surface area contributed by atoms with Gasteiger partial charge >= 0.3 is 5.69 Å². The van der Waals surface area contributed by atoms with Crippen LogP contribution in [0.25, 0.3) is 5.69 Å². The van der Waals surface area contributed by atoms with Crippen molar-refractivity contribution in [2.24, 2.45) is 0 Å². The molecule has 0 atom stereocenters. The van der Waals surface area contributed by atoms with Gasteiger partial charge in [-0.05, 0) is 76.2 Å². The molecule has 0 aliphatic carbocycles. The minimum atomic E-state index is -0.681. The number of aromatic amines is 1. The van der Waals surface area contributed by atoms with Crippen LogP contribution < -0.4 is 16.3 Å². The molecule has 0 radical (unpaired) electrons. The molecule has 1 aliphatic rings. The van der Waals surface area contributed by atoms with Crippen LogP contribution in [0.2, 0.25) is 0 Å². The molecule has 1 saturated heterocycles. The molecule has 2 aromatic heterocycles. The fraction of sp³-hybridized carbons (Fsp3) is 0.476. The molecular weight excluding hydrogens is 432 g/mol. The Kier molecular flexibility index (Phi) is 5.64. The molecule has 3 heterocycles. The highest BCUT2D eigenvalue weighted by molar-refractivity contribution is 5.58. The lowest BCUT2D eigenvalue weighted by molar-refractivity contribution is -0.00778. The highest BCUT2D eigenvalue weighted by Crippen LogP contribution is 2.38. The van der Waals surface area contributed by atoms with Crippen LogP contribution in [0.3, 0.4) is 0 Å². The molecule has 3 N–H and O–H groups in total. The first-order chi connectivity index (χ1) is 15.5. The van der Waals surface area contributed by atoms with Gasteiger partial charge in [0.15, 0.2) is 11.6 Å². The van der Waals surface area contributed by atoms with E-state index in [1.807, 2.05) is 0 Å². The summed E-state index contributed by atoms with van der Waals surface area (Å²) in [4.78, 5) is 22.4. The number of H-pyrrole nitrogens is 1. The number of hydrogen-bond acceptors (Lipinski definition) is 8. The number of nitrogens with one attached hydrogen (secondary N) is 3. The van der Waals surface area contributed by atoms with Crippen molar-refractivity contribution in [2.45, 2.75) is 57.7 Å². The van der Waals surface area contributed by atoms with Crippen molar-refractivity contribution in [3.63, 3.8) is 0 Å². The smallest absolute Gasteiger partial charge is 0.365 e. The van der Waals surface area contributed by atoms with Crippen LogP contribution in [0.15, 0.2) is 29.2 Å². The normalized spacial score (nSPS) is 18.3. The molecule has 4 rings (SSSR count). The predicted octanol–water partition coefficient (Wildman–Crippen LogP) is 2.83. The van der Waals surface area contributed by atoms with E-state index >= 15 is 0 Å². The molecule has 0 saturated carbocycles. The van der Waals surface area contributed by atoms with E-state index in [1.54, 1.807) is 0 Å². The summed E-state index contributed by atoms with van der Waals surface area (Å²) in [5.41, 5.74) is -0.545. The van der Waals surface area contributed by atoms with E-state index < -0.39 is 17.3 Å². The molecule has 12 heteroatoms. The summed E-state index contributed by atoms with van der Waals surface area (Å²) in [6.45, 7) is 8.66. The second-order valence-electron chi connectivity index (χ2n) is 9.53. The van der Waals surface area contributed by atoms with Gasteiger partial charge in [0.1, 0.15) is 11.5 Å². The average Bonchev–Trinajstić information content (AvgIpc) is 3.15. The summed E-state index contributed by atoms with van der Waals surface area (Å²) < 4.78 is 29.6. The second kappa shape index (κ2) is 8.18. The van der Waals surface area contributed by atoms with Gasteiger partial charge < -0.3 is 10.6 Å². The summed E-state index contributed by atoms with van der Waals surface area (Å²) in [5, 5.41) is 15.2. The van der Waals surface area contributed by atoms with Gasteiger partial charge in [-0.2, -0.15) is 9.67 Å². The van der Waals surface area contributed by atoms with E-state index in [1.165, 1.54) is 18.2 Å². The topological polar surface area (TPSA) is 117 Å². The van der Waals surface area contributed by atoms with E-state index in [2.05, 4.69) is 75.8 Å². The van der Waals surface area contributed by atoms with Crippen LogP contribution in [0.4, 0.5) is 26.2 Å². The molecule has 0 bridgehead atoms. The maximum absolute atomic E-state index is 14.5. The minimum absolute atomic E-state index is 0.0138. The van der Waals surface area contributed by atoms with Crippen molar-refractivity contribution in [2.75, 3.05) is 17.7 Å². The number of halogens is 2. The predicted molar refractivity (Wildman–Crippen MR) is 120 cm³/mol. The van der Waals surface area contributed by atoms with Gasteiger partial charge in [0.2, 0.25) is 5.95 Å². The lowest BCUT2D eigenvalue weighted by atomic mass is 9.77. The molecule has 1 aromatic carbocycles. The number of aromatic nitrogens is 6. The summed E-state index contributed by atoms with van der Waals surface area (Å²) in [5.74, 6) is -1.02. The quantitative estimate of drug-likeness (QED) is 0.533. The van der Waals surface area contributed by atoms with Crippen molar-refractivity contribution in [1.29, 1.82) is 0 Å². The third-order valence-electron chi connectivity index (χ3n) is 6.30. The average molecular weight is 460 g/mol. The SMILES string of the molecule is CN1C(C)(C)CC(Nc2nc(Nc3ccc(F)c(-n4nn[nH]c4=O)c3)ncc2F)CC1(C)C. The standard InChI is InChI=1S/C21H27F2N9O/c1-20(2)9-13(10-21(3,4)31(20)5)25-17-15(23)11-24-18(27-17)26-12-6-7-14(22)16(8-12)32-19(33)28-29-30-32/h6-8,11,13H,9-10H2,1-5H3,(H,28,30,33)(H2,24,25,26,27). The van der Waals surface area contributed by atoms with Crippen molar-refractivity contribution in [3.8, 4) is 5.69 Å². The fourth-order valence-electron chi connectivity index (χ4n) is 4.43. The number of rotatable bonds is 5. The first kappa shape index (κ1) is 22.8. The third kappa shape index (κ3) is 4.56. The maximum atomic E-state index is 14.5. The van der Waals surface area contributed by atoms with Gasteiger partial charge in [0.05, 0.1) is 6.20 Å². The van der Waals surface area contributed by atoms with Crippen LogP contribution in [-0.4, -0.2) is 59.2 Å². The van der Waals surface area contributed by atoms with Crippen molar-refractivity contribution < 1.29 is 8.78 Å². The molecule has 1 fully saturated rings. The van der Waals surface area contributed by atoms with Gasteiger partial charge in [-0.15, -0.1) is 0 Å². The van der Waals surface area contributed by atoms with Crippen molar-refractivity contribution >= 4 is 17.5 Å². The summed E-state index contributed by atoms with van der Waals surface area (Å²) in [7, 11) is 2.10. The molecule has 33 heavy (non-hydrogen) atoms. The molecule has 10 nitrogen and oxygen atoms in total. The van der Waals surface area contributed by atoms with E-state index in [0.717, 1.165) is 23.7 Å². The zero-order valence-corrected chi connectivity index (χ0v) is 19.1. The number of nitrogens with zero attached hydrogens (tertiary/aromatic N) is 6. The summed E-state index contributed by atoms with van der Waals surface area (Å²) in [6, 6.07) is 4.00. The van der Waals surface area contributed by atoms with Crippen LogP contribution in [0.1, 0.15) is 40.5 Å². The van der Waals surface area contributed by atoms with Crippen LogP contribution >= 0.6 is 0 Å². The summed E-state index contributed by atoms with van der Waals surface area (Å²) in [6.07, 6.45) is 2.70. The molecule has 176 valence electrons. The number of anilines is 3. The Labute approximate surface area is 189 Å². The van der Waals surface area contributed by atoms with Crippen molar-refractivity contribution in [1.82, 2.24) is 35.1 Å². The Bertz CT molecular complexity index is 1200. The van der Waals surface area contributed by atoms with Gasteiger partial charge in [-0.3, -0.25) is 4.90 Å². The van der Waals surface area contributed by atoms with Crippen LogP contribution in [0.5, 0.6) is 0 Å². The lowest BCUT2D eigenvalue weighted by Gasteiger charge is -2.53. The van der Waals surface area contributed by atoms with Crippen LogP contribution in [0, 0.1) is 11.6 Å².